The van der Waals surface area contributed by atoms with Gasteiger partial charge in [0.15, 0.2) is 11.5 Å². The van der Waals surface area contributed by atoms with E-state index in [-0.39, 0.29) is 6.79 Å². The van der Waals surface area contributed by atoms with Crippen LogP contribution in [0.4, 0.5) is 5.82 Å². The average molecular weight is 393 g/mol. The molecule has 0 spiro atoms. The van der Waals surface area contributed by atoms with E-state index in [1.807, 2.05) is 18.2 Å². The van der Waals surface area contributed by atoms with Crippen molar-refractivity contribution in [3.05, 3.63) is 30.7 Å². The first kappa shape index (κ1) is 17.1. The van der Waals surface area contributed by atoms with Gasteiger partial charge >= 0.3 is 0 Å². The molecule has 150 valence electrons. The van der Waals surface area contributed by atoms with Crippen molar-refractivity contribution in [3.8, 4) is 22.6 Å². The Kier molecular flexibility index (Phi) is 3.88. The molecule has 2 atom stereocenters. The van der Waals surface area contributed by atoms with Crippen LogP contribution in [0.5, 0.6) is 11.5 Å². The van der Waals surface area contributed by atoms with Crippen LogP contribution in [0.15, 0.2) is 30.7 Å². The largest absolute Gasteiger partial charge is 0.454 e. The fraction of sp³-hybridized carbons (Fsp3) is 0.429. The van der Waals surface area contributed by atoms with Crippen molar-refractivity contribution in [3.63, 3.8) is 0 Å². The molecule has 8 heteroatoms. The molecule has 8 nitrogen and oxygen atoms in total. The minimum absolute atomic E-state index is 0.260. The molecule has 2 aromatic heterocycles. The maximum Gasteiger partial charge on any atom is 0.231 e. The molecule has 0 amide bonds. The first-order valence-corrected chi connectivity index (χ1v) is 10.1. The summed E-state index contributed by atoms with van der Waals surface area (Å²) < 4.78 is 18.6. The third-order valence-corrected chi connectivity index (χ3v) is 6.06. The Hall–Kier alpha value is -2.84. The third kappa shape index (κ3) is 3.08. The number of hydrogen-bond donors (Lipinski definition) is 1. The van der Waals surface area contributed by atoms with E-state index in [1.165, 1.54) is 6.42 Å². The first-order chi connectivity index (χ1) is 14.2. The molecule has 0 unspecified atom stereocenters. The van der Waals surface area contributed by atoms with E-state index in [1.54, 1.807) is 6.33 Å². The molecule has 3 aromatic rings. The monoisotopic (exact) mass is 393 g/mol. The molecule has 2 N–H and O–H groups in total. The molecule has 6 rings (SSSR count). The van der Waals surface area contributed by atoms with Crippen molar-refractivity contribution in [1.29, 1.82) is 0 Å². The van der Waals surface area contributed by atoms with Crippen molar-refractivity contribution in [2.75, 3.05) is 38.8 Å². The Labute approximate surface area is 168 Å². The first-order valence-electron chi connectivity index (χ1n) is 10.1. The van der Waals surface area contributed by atoms with E-state index in [0.717, 1.165) is 66.4 Å². The summed E-state index contributed by atoms with van der Waals surface area (Å²) in [5.74, 6) is 2.62. The highest BCUT2D eigenvalue weighted by Gasteiger charge is 2.30. The third-order valence-electron chi connectivity index (χ3n) is 6.06. The number of benzene rings is 1. The zero-order valence-corrected chi connectivity index (χ0v) is 16.1. The summed E-state index contributed by atoms with van der Waals surface area (Å²) in [5, 5.41) is 0.896. The van der Waals surface area contributed by atoms with Gasteiger partial charge in [-0.15, -0.1) is 0 Å². The number of fused-ring (bicyclic) bond motifs is 2. The van der Waals surface area contributed by atoms with E-state index >= 15 is 0 Å². The topological polar surface area (TPSA) is 91.0 Å². The number of aromatic nitrogens is 3. The lowest BCUT2D eigenvalue weighted by molar-refractivity contribution is 0.174. The molecule has 0 bridgehead atoms. The Morgan fingerprint density at radius 1 is 1.14 bits per heavy atom. The van der Waals surface area contributed by atoms with Crippen LogP contribution in [0, 0.1) is 5.92 Å². The summed E-state index contributed by atoms with van der Waals surface area (Å²) in [5.41, 5.74) is 9.21. The summed E-state index contributed by atoms with van der Waals surface area (Å²) >= 11 is 0. The Morgan fingerprint density at radius 2 is 2.03 bits per heavy atom. The number of anilines is 1. The molecular weight excluding hydrogens is 370 g/mol. The molecule has 2 saturated heterocycles. The van der Waals surface area contributed by atoms with Gasteiger partial charge < -0.3 is 29.4 Å². The summed E-state index contributed by atoms with van der Waals surface area (Å²) in [7, 11) is 0. The highest BCUT2D eigenvalue weighted by atomic mass is 16.7. The smallest absolute Gasteiger partial charge is 0.231 e. The lowest BCUT2D eigenvalue weighted by Gasteiger charge is -2.15. The Morgan fingerprint density at radius 3 is 2.93 bits per heavy atom. The second-order valence-electron chi connectivity index (χ2n) is 8.09. The van der Waals surface area contributed by atoms with Gasteiger partial charge in [-0.05, 0) is 36.6 Å². The summed E-state index contributed by atoms with van der Waals surface area (Å²) in [6.45, 7) is 5.38. The zero-order chi connectivity index (χ0) is 19.4. The Bertz CT molecular complexity index is 1080. The fourth-order valence-electron chi connectivity index (χ4n) is 4.54. The average Bonchev–Trinajstić information content (AvgIpc) is 3.11. The molecule has 0 aliphatic carbocycles. The van der Waals surface area contributed by atoms with Gasteiger partial charge in [0.25, 0.3) is 0 Å². The van der Waals surface area contributed by atoms with Gasteiger partial charge in [-0.2, -0.15) is 0 Å². The minimum Gasteiger partial charge on any atom is -0.454 e. The number of ether oxygens (including phenoxy) is 3. The maximum atomic E-state index is 6.27. The second-order valence-corrected chi connectivity index (χ2v) is 8.09. The van der Waals surface area contributed by atoms with Crippen LogP contribution in [-0.4, -0.2) is 58.6 Å². The van der Waals surface area contributed by atoms with Crippen molar-refractivity contribution < 1.29 is 14.2 Å². The van der Waals surface area contributed by atoms with Gasteiger partial charge in [0, 0.05) is 31.4 Å². The van der Waals surface area contributed by atoms with Gasteiger partial charge in [0.1, 0.15) is 17.8 Å². The molecule has 2 fully saturated rings. The number of rotatable bonds is 5. The van der Waals surface area contributed by atoms with Crippen LogP contribution in [0.3, 0.4) is 0 Å². The van der Waals surface area contributed by atoms with Crippen LogP contribution >= 0.6 is 0 Å². The SMILES string of the molecule is Nc1ncnc2c1c(-c1ccc3c(c1)OCO3)cn2C[C@@H]1CCN(C[C@@H]2CO2)C1. The zero-order valence-electron chi connectivity index (χ0n) is 16.1. The van der Waals surface area contributed by atoms with Crippen molar-refractivity contribution in [2.45, 2.75) is 19.1 Å². The van der Waals surface area contributed by atoms with Crippen LogP contribution in [0.1, 0.15) is 6.42 Å². The number of likely N-dealkylation sites (tertiary alicyclic amines) is 1. The highest BCUT2D eigenvalue weighted by Crippen LogP contribution is 2.39. The number of nitrogens with zero attached hydrogens (tertiary/aromatic N) is 4. The lowest BCUT2D eigenvalue weighted by Crippen LogP contribution is -2.26. The standard InChI is InChI=1S/C21H23N5O3/c22-20-19-16(14-1-2-17-18(5-14)29-12-28-17)9-26(21(19)24-11-23-20)7-13-3-4-25(6-13)8-15-10-27-15/h1-2,5,9,11,13,15H,3-4,6-8,10,12H2,(H2,22,23,24)/t13-,15-/m1/s1. The van der Waals surface area contributed by atoms with Crippen LogP contribution in [0.2, 0.25) is 0 Å². The molecule has 3 aliphatic heterocycles. The normalized spacial score (nSPS) is 23.2. The van der Waals surface area contributed by atoms with Crippen LogP contribution in [-0.2, 0) is 11.3 Å². The van der Waals surface area contributed by atoms with Crippen LogP contribution in [0.25, 0.3) is 22.2 Å². The summed E-state index contributed by atoms with van der Waals surface area (Å²) in [6, 6.07) is 5.97. The van der Waals surface area contributed by atoms with E-state index < -0.39 is 0 Å². The van der Waals surface area contributed by atoms with E-state index in [4.69, 9.17) is 19.9 Å². The molecule has 5 heterocycles. The molecular formula is C21H23N5O3. The van der Waals surface area contributed by atoms with Gasteiger partial charge in [-0.3, -0.25) is 0 Å². The highest BCUT2D eigenvalue weighted by molar-refractivity contribution is 6.00. The van der Waals surface area contributed by atoms with Crippen molar-refractivity contribution in [1.82, 2.24) is 19.4 Å². The molecule has 29 heavy (non-hydrogen) atoms. The van der Waals surface area contributed by atoms with Gasteiger partial charge in [-0.1, -0.05) is 6.07 Å². The quantitative estimate of drug-likeness (QED) is 0.664. The number of hydrogen-bond acceptors (Lipinski definition) is 7. The minimum atomic E-state index is 0.260. The number of nitrogens with two attached hydrogens (primary N) is 1. The summed E-state index contributed by atoms with van der Waals surface area (Å²) in [4.78, 5) is 11.3. The lowest BCUT2D eigenvalue weighted by atomic mass is 10.1. The van der Waals surface area contributed by atoms with Gasteiger partial charge in [0.05, 0.1) is 18.1 Å². The fourth-order valence-corrected chi connectivity index (χ4v) is 4.54. The number of epoxide rings is 1. The molecule has 1 aromatic carbocycles. The second kappa shape index (κ2) is 6.60. The van der Waals surface area contributed by atoms with E-state index in [2.05, 4.69) is 25.6 Å². The van der Waals surface area contributed by atoms with E-state index in [9.17, 15) is 0 Å². The molecule has 3 aliphatic rings. The maximum absolute atomic E-state index is 6.27. The summed E-state index contributed by atoms with van der Waals surface area (Å²) in [6.07, 6.45) is 5.33. The van der Waals surface area contributed by atoms with E-state index in [0.29, 0.717) is 17.8 Å². The van der Waals surface area contributed by atoms with Crippen LogP contribution < -0.4 is 15.2 Å². The molecule has 0 radical (unpaired) electrons. The van der Waals surface area contributed by atoms with Gasteiger partial charge in [0.2, 0.25) is 6.79 Å². The Balaban J connectivity index is 1.34. The van der Waals surface area contributed by atoms with Crippen molar-refractivity contribution in [2.24, 2.45) is 5.92 Å². The molecule has 0 saturated carbocycles. The van der Waals surface area contributed by atoms with Crippen molar-refractivity contribution >= 4 is 16.9 Å². The predicted octanol–water partition coefficient (Wildman–Crippen LogP) is 2.13. The number of nitrogen functional groups attached to an aromatic ring is 1. The predicted molar refractivity (Wildman–Crippen MR) is 108 cm³/mol. The van der Waals surface area contributed by atoms with Gasteiger partial charge in [-0.25, -0.2) is 9.97 Å².